The van der Waals surface area contributed by atoms with Gasteiger partial charge < -0.3 is 9.79 Å². The van der Waals surface area contributed by atoms with Crippen molar-refractivity contribution in [2.24, 2.45) is 0 Å². The summed E-state index contributed by atoms with van der Waals surface area (Å²) in [6.45, 7) is 2.07. The fourth-order valence-electron chi connectivity index (χ4n) is 0.745. The minimum atomic E-state index is -3.71. The smallest absolute Gasteiger partial charge is 0.324 e. The Morgan fingerprint density at radius 2 is 1.73 bits per heavy atom. The van der Waals surface area contributed by atoms with E-state index in [0.717, 1.165) is 19.3 Å². The second kappa shape index (κ2) is 7.42. The Morgan fingerprint density at radius 1 is 1.18 bits per heavy atom. The summed E-state index contributed by atoms with van der Waals surface area (Å²) < 4.78 is 10.3. The molecule has 0 aromatic rings. The van der Waals surface area contributed by atoms with Crippen LogP contribution in [0.15, 0.2) is 0 Å². The quantitative estimate of drug-likeness (QED) is 0.430. The van der Waals surface area contributed by atoms with Crippen LogP contribution in [0.2, 0.25) is 0 Å². The van der Waals surface area contributed by atoms with Crippen LogP contribution in [-0.4, -0.2) is 15.9 Å². The summed E-state index contributed by atoms with van der Waals surface area (Å²) in [5.41, 5.74) is 0. The molecule has 0 atom stereocenters. The Hall–Kier alpha value is 0.773. The van der Waals surface area contributed by atoms with E-state index in [2.05, 4.69) is 6.92 Å². The molecule has 0 saturated carbocycles. The van der Waals surface area contributed by atoms with Crippen molar-refractivity contribution in [2.75, 3.05) is 6.16 Å². The van der Waals surface area contributed by atoms with Crippen molar-refractivity contribution in [3.63, 3.8) is 0 Å². The van der Waals surface area contributed by atoms with Crippen LogP contribution in [0.1, 0.15) is 32.6 Å². The summed E-state index contributed by atoms with van der Waals surface area (Å²) in [5, 5.41) is 0. The SMILES string of the molecule is CCCCCCP(=O)(O)O.[Zn+2]. The van der Waals surface area contributed by atoms with Gasteiger partial charge in [-0.2, -0.15) is 0 Å². The zero-order valence-electron chi connectivity index (χ0n) is 6.99. The first-order chi connectivity index (χ1) is 4.56. The number of rotatable bonds is 5. The van der Waals surface area contributed by atoms with Crippen molar-refractivity contribution in [1.29, 1.82) is 0 Å². The molecule has 5 heteroatoms. The van der Waals surface area contributed by atoms with E-state index in [9.17, 15) is 4.57 Å². The van der Waals surface area contributed by atoms with Crippen molar-refractivity contribution in [3.8, 4) is 0 Å². The van der Waals surface area contributed by atoms with Crippen LogP contribution < -0.4 is 0 Å². The molecule has 0 saturated heterocycles. The van der Waals surface area contributed by atoms with Gasteiger partial charge in [0, 0.05) is 6.16 Å². The van der Waals surface area contributed by atoms with Gasteiger partial charge in [-0.15, -0.1) is 0 Å². The van der Waals surface area contributed by atoms with Gasteiger partial charge in [0.1, 0.15) is 0 Å². The molecule has 0 radical (unpaired) electrons. The third kappa shape index (κ3) is 13.7. The van der Waals surface area contributed by atoms with Crippen molar-refractivity contribution in [3.05, 3.63) is 0 Å². The number of hydrogen-bond acceptors (Lipinski definition) is 1. The van der Waals surface area contributed by atoms with Gasteiger partial charge in [-0.1, -0.05) is 26.2 Å². The van der Waals surface area contributed by atoms with Crippen LogP contribution >= 0.6 is 7.60 Å². The van der Waals surface area contributed by atoms with E-state index in [1.54, 1.807) is 0 Å². The molecule has 0 heterocycles. The van der Waals surface area contributed by atoms with E-state index in [0.29, 0.717) is 6.42 Å². The van der Waals surface area contributed by atoms with Crippen molar-refractivity contribution in [1.82, 2.24) is 0 Å². The first-order valence-corrected chi connectivity index (χ1v) is 5.40. The zero-order chi connectivity index (χ0) is 8.04. The van der Waals surface area contributed by atoms with Gasteiger partial charge >= 0.3 is 27.1 Å². The Bertz CT molecular complexity index is 123. The Morgan fingerprint density at radius 3 is 2.09 bits per heavy atom. The van der Waals surface area contributed by atoms with Gasteiger partial charge in [0.25, 0.3) is 0 Å². The molecule has 0 spiro atoms. The van der Waals surface area contributed by atoms with Crippen molar-refractivity contribution >= 4 is 7.60 Å². The topological polar surface area (TPSA) is 57.5 Å². The maximum absolute atomic E-state index is 10.3. The minimum absolute atomic E-state index is 0. The first-order valence-electron chi connectivity index (χ1n) is 3.61. The van der Waals surface area contributed by atoms with Gasteiger partial charge in [-0.05, 0) is 6.42 Å². The van der Waals surface area contributed by atoms with Crippen LogP contribution in [-0.2, 0) is 24.0 Å². The zero-order valence-corrected chi connectivity index (χ0v) is 10.9. The molecule has 11 heavy (non-hydrogen) atoms. The van der Waals surface area contributed by atoms with Crippen molar-refractivity contribution < 1.29 is 33.8 Å². The van der Waals surface area contributed by atoms with E-state index in [1.807, 2.05) is 0 Å². The minimum Gasteiger partial charge on any atom is -0.324 e. The Kier molecular flexibility index (Phi) is 9.66. The van der Waals surface area contributed by atoms with Gasteiger partial charge in [0.2, 0.25) is 0 Å². The molecule has 0 amide bonds. The fraction of sp³-hybridized carbons (Fsp3) is 1.00. The average molecular weight is 232 g/mol. The molecule has 0 bridgehead atoms. The molecular formula is C6H15O3PZn+2. The molecule has 0 aliphatic carbocycles. The van der Waals surface area contributed by atoms with Gasteiger partial charge in [0.15, 0.2) is 0 Å². The van der Waals surface area contributed by atoms with E-state index in [1.165, 1.54) is 0 Å². The molecule has 0 aliphatic rings. The number of hydrogen-bond donors (Lipinski definition) is 2. The predicted molar refractivity (Wildman–Crippen MR) is 41.1 cm³/mol. The second-order valence-corrected chi connectivity index (χ2v) is 4.23. The second-order valence-electron chi connectivity index (χ2n) is 2.45. The summed E-state index contributed by atoms with van der Waals surface area (Å²) in [7, 11) is -3.71. The normalized spacial score (nSPS) is 10.8. The summed E-state index contributed by atoms with van der Waals surface area (Å²) in [5.74, 6) is 0. The van der Waals surface area contributed by atoms with Crippen LogP contribution in [0.5, 0.6) is 0 Å². The molecule has 0 aliphatic heterocycles. The molecule has 0 rings (SSSR count). The van der Waals surface area contributed by atoms with E-state index < -0.39 is 7.60 Å². The van der Waals surface area contributed by atoms with Crippen LogP contribution in [0, 0.1) is 0 Å². The third-order valence-electron chi connectivity index (χ3n) is 1.30. The van der Waals surface area contributed by atoms with Crippen LogP contribution in [0.25, 0.3) is 0 Å². The molecule has 2 N–H and O–H groups in total. The fourth-order valence-corrected chi connectivity index (χ4v) is 1.38. The number of unbranched alkanes of at least 4 members (excludes halogenated alkanes) is 3. The maximum Gasteiger partial charge on any atom is 2.00 e. The van der Waals surface area contributed by atoms with Gasteiger partial charge in [-0.3, -0.25) is 4.57 Å². The molecule has 0 unspecified atom stereocenters. The van der Waals surface area contributed by atoms with Crippen LogP contribution in [0.4, 0.5) is 0 Å². The summed E-state index contributed by atoms with van der Waals surface area (Å²) in [6.07, 6.45) is 3.80. The Labute approximate surface area is 80.5 Å². The standard InChI is InChI=1S/C6H15O3P.Zn/c1-2-3-4-5-6-10(7,8)9;/h2-6H2,1H3,(H2,7,8,9);/q;+2. The maximum atomic E-state index is 10.3. The molecule has 62 valence electrons. The van der Waals surface area contributed by atoms with E-state index >= 15 is 0 Å². The molecule has 0 aromatic carbocycles. The molecule has 3 nitrogen and oxygen atoms in total. The average Bonchev–Trinajstić information content (AvgIpc) is 1.78. The van der Waals surface area contributed by atoms with Gasteiger partial charge in [0.05, 0.1) is 0 Å². The van der Waals surface area contributed by atoms with E-state index in [4.69, 9.17) is 9.79 Å². The Balaban J connectivity index is 0. The third-order valence-corrected chi connectivity index (χ3v) is 2.20. The predicted octanol–water partition coefficient (Wildman–Crippen LogP) is 1.74. The van der Waals surface area contributed by atoms with Crippen molar-refractivity contribution in [2.45, 2.75) is 32.6 Å². The summed E-state index contributed by atoms with van der Waals surface area (Å²) in [4.78, 5) is 16.9. The summed E-state index contributed by atoms with van der Waals surface area (Å²) in [6, 6.07) is 0. The summed E-state index contributed by atoms with van der Waals surface area (Å²) >= 11 is 0. The van der Waals surface area contributed by atoms with Crippen LogP contribution in [0.3, 0.4) is 0 Å². The molecule has 0 fully saturated rings. The molecule has 0 aromatic heterocycles. The van der Waals surface area contributed by atoms with E-state index in [-0.39, 0.29) is 25.6 Å². The van der Waals surface area contributed by atoms with Gasteiger partial charge in [-0.25, -0.2) is 0 Å². The largest absolute Gasteiger partial charge is 2.00 e. The first kappa shape index (κ1) is 14.3. The monoisotopic (exact) mass is 230 g/mol. The molecular weight excluding hydrogens is 216 g/mol.